The molecule has 0 amide bonds. The van der Waals surface area contributed by atoms with Gasteiger partial charge < -0.3 is 15.5 Å². The third kappa shape index (κ3) is 1.65. The second-order valence-electron chi connectivity index (χ2n) is 3.43. The first-order valence-corrected chi connectivity index (χ1v) is 4.74. The number of benzene rings is 1. The summed E-state index contributed by atoms with van der Waals surface area (Å²) in [6.07, 6.45) is 0. The zero-order valence-electron chi connectivity index (χ0n) is 8.66. The third-order valence-electron chi connectivity index (χ3n) is 2.42. The number of aromatic amines is 1. The fourth-order valence-corrected chi connectivity index (χ4v) is 1.56. The van der Waals surface area contributed by atoms with Crippen molar-refractivity contribution < 1.29 is 13.9 Å². The van der Waals surface area contributed by atoms with Gasteiger partial charge in [-0.25, -0.2) is 9.18 Å². The molecule has 0 aliphatic rings. The van der Waals surface area contributed by atoms with Crippen LogP contribution in [0.15, 0.2) is 24.3 Å². The number of carbonyl (C=O) groups excluding carboxylic acids is 1. The lowest BCUT2D eigenvalue weighted by molar-refractivity contribution is -0.142. The SMILES string of the molecule is COC(=O)C(N)c1cc2c(F)cccc2[nH]1. The lowest BCUT2D eigenvalue weighted by Crippen LogP contribution is -2.22. The number of fused-ring (bicyclic) bond motifs is 1. The van der Waals surface area contributed by atoms with Gasteiger partial charge in [0.15, 0.2) is 0 Å². The number of methoxy groups -OCH3 is 1. The number of halogens is 1. The second kappa shape index (κ2) is 3.94. The lowest BCUT2D eigenvalue weighted by atomic mass is 10.2. The summed E-state index contributed by atoms with van der Waals surface area (Å²) in [6, 6.07) is 5.25. The summed E-state index contributed by atoms with van der Waals surface area (Å²) in [5, 5.41) is 0.414. The van der Waals surface area contributed by atoms with Crippen molar-refractivity contribution in [1.82, 2.24) is 4.98 Å². The Bertz CT molecular complexity index is 536. The van der Waals surface area contributed by atoms with Gasteiger partial charge in [-0.2, -0.15) is 0 Å². The average molecular weight is 222 g/mol. The molecule has 0 saturated carbocycles. The molecule has 1 unspecified atom stereocenters. The molecule has 0 radical (unpaired) electrons. The Labute approximate surface area is 91.2 Å². The van der Waals surface area contributed by atoms with Crippen LogP contribution in [-0.4, -0.2) is 18.1 Å². The largest absolute Gasteiger partial charge is 0.468 e. The topological polar surface area (TPSA) is 68.1 Å². The Balaban J connectivity index is 2.47. The summed E-state index contributed by atoms with van der Waals surface area (Å²) >= 11 is 0. The zero-order valence-corrected chi connectivity index (χ0v) is 8.66. The standard InChI is InChI=1S/C11H11FN2O2/c1-16-11(15)10(13)9-5-6-7(12)3-2-4-8(6)14-9/h2-5,10,14H,13H2,1H3. The second-order valence-corrected chi connectivity index (χ2v) is 3.43. The number of ether oxygens (including phenoxy) is 1. The summed E-state index contributed by atoms with van der Waals surface area (Å²) < 4.78 is 17.9. The average Bonchev–Trinajstić information content (AvgIpc) is 2.72. The van der Waals surface area contributed by atoms with Crippen molar-refractivity contribution in [2.45, 2.75) is 6.04 Å². The van der Waals surface area contributed by atoms with E-state index in [0.29, 0.717) is 16.6 Å². The van der Waals surface area contributed by atoms with Gasteiger partial charge in [-0.05, 0) is 18.2 Å². The van der Waals surface area contributed by atoms with Crippen LogP contribution in [0, 0.1) is 5.82 Å². The van der Waals surface area contributed by atoms with E-state index in [-0.39, 0.29) is 5.82 Å². The first-order chi connectivity index (χ1) is 7.63. The van der Waals surface area contributed by atoms with Crippen molar-refractivity contribution in [2.24, 2.45) is 5.73 Å². The Morgan fingerprint density at radius 1 is 1.56 bits per heavy atom. The molecular weight excluding hydrogens is 211 g/mol. The van der Waals surface area contributed by atoms with Crippen LogP contribution in [-0.2, 0) is 9.53 Å². The molecule has 0 bridgehead atoms. The minimum atomic E-state index is -0.920. The molecule has 0 aliphatic heterocycles. The lowest BCUT2D eigenvalue weighted by Gasteiger charge is -2.05. The van der Waals surface area contributed by atoms with Gasteiger partial charge >= 0.3 is 5.97 Å². The number of hydrogen-bond acceptors (Lipinski definition) is 3. The summed E-state index contributed by atoms with van der Waals surface area (Å²) in [6.45, 7) is 0. The van der Waals surface area contributed by atoms with E-state index in [1.54, 1.807) is 12.1 Å². The van der Waals surface area contributed by atoms with Gasteiger partial charge in [0, 0.05) is 16.6 Å². The van der Waals surface area contributed by atoms with Crippen LogP contribution in [0.5, 0.6) is 0 Å². The number of aromatic nitrogens is 1. The molecule has 2 rings (SSSR count). The van der Waals surface area contributed by atoms with Crippen molar-refractivity contribution in [1.29, 1.82) is 0 Å². The first-order valence-electron chi connectivity index (χ1n) is 4.74. The first kappa shape index (κ1) is 10.6. The van der Waals surface area contributed by atoms with Crippen molar-refractivity contribution in [3.8, 4) is 0 Å². The molecule has 1 atom stereocenters. The third-order valence-corrected chi connectivity index (χ3v) is 2.42. The van der Waals surface area contributed by atoms with E-state index in [0.717, 1.165) is 0 Å². The van der Waals surface area contributed by atoms with Crippen molar-refractivity contribution >= 4 is 16.9 Å². The minimum Gasteiger partial charge on any atom is -0.468 e. The van der Waals surface area contributed by atoms with Gasteiger partial charge in [0.05, 0.1) is 7.11 Å². The van der Waals surface area contributed by atoms with Crippen LogP contribution >= 0.6 is 0 Å². The van der Waals surface area contributed by atoms with Gasteiger partial charge in [0.1, 0.15) is 11.9 Å². The van der Waals surface area contributed by atoms with Gasteiger partial charge in [-0.15, -0.1) is 0 Å². The zero-order chi connectivity index (χ0) is 11.7. The highest BCUT2D eigenvalue weighted by atomic mass is 19.1. The maximum atomic E-state index is 13.4. The number of carbonyl (C=O) groups is 1. The highest BCUT2D eigenvalue weighted by Crippen LogP contribution is 2.21. The van der Waals surface area contributed by atoms with E-state index in [9.17, 15) is 9.18 Å². The number of rotatable bonds is 2. The van der Waals surface area contributed by atoms with Gasteiger partial charge in [0.25, 0.3) is 0 Å². The number of H-pyrrole nitrogens is 1. The van der Waals surface area contributed by atoms with Crippen LogP contribution < -0.4 is 5.73 Å². The minimum absolute atomic E-state index is 0.350. The molecule has 0 fully saturated rings. The highest BCUT2D eigenvalue weighted by Gasteiger charge is 2.18. The van der Waals surface area contributed by atoms with E-state index in [1.165, 1.54) is 19.2 Å². The van der Waals surface area contributed by atoms with E-state index >= 15 is 0 Å². The van der Waals surface area contributed by atoms with E-state index < -0.39 is 12.0 Å². The Hall–Kier alpha value is -1.88. The van der Waals surface area contributed by atoms with E-state index in [2.05, 4.69) is 9.72 Å². The van der Waals surface area contributed by atoms with Crippen LogP contribution in [0.4, 0.5) is 4.39 Å². The molecule has 1 aromatic heterocycles. The molecule has 0 spiro atoms. The maximum absolute atomic E-state index is 13.4. The Morgan fingerprint density at radius 2 is 2.31 bits per heavy atom. The predicted molar refractivity (Wildman–Crippen MR) is 57.2 cm³/mol. The van der Waals surface area contributed by atoms with Crippen molar-refractivity contribution in [2.75, 3.05) is 7.11 Å². The van der Waals surface area contributed by atoms with Crippen LogP contribution in [0.25, 0.3) is 10.9 Å². The fraction of sp³-hybridized carbons (Fsp3) is 0.182. The summed E-state index contributed by atoms with van der Waals surface area (Å²) in [7, 11) is 1.26. The maximum Gasteiger partial charge on any atom is 0.328 e. The number of nitrogens with two attached hydrogens (primary N) is 1. The number of nitrogens with one attached hydrogen (secondary N) is 1. The van der Waals surface area contributed by atoms with Crippen molar-refractivity contribution in [3.05, 3.63) is 35.8 Å². The Morgan fingerprint density at radius 3 is 2.94 bits per heavy atom. The molecule has 1 heterocycles. The van der Waals surface area contributed by atoms with Crippen LogP contribution in [0.1, 0.15) is 11.7 Å². The number of hydrogen-bond donors (Lipinski definition) is 2. The van der Waals surface area contributed by atoms with Crippen LogP contribution in [0.2, 0.25) is 0 Å². The molecule has 16 heavy (non-hydrogen) atoms. The molecule has 0 saturated heterocycles. The van der Waals surface area contributed by atoms with Gasteiger partial charge in [-0.1, -0.05) is 6.07 Å². The highest BCUT2D eigenvalue weighted by molar-refractivity contribution is 5.84. The molecule has 0 aliphatic carbocycles. The molecule has 4 nitrogen and oxygen atoms in total. The number of esters is 1. The van der Waals surface area contributed by atoms with Crippen LogP contribution in [0.3, 0.4) is 0 Å². The normalized spacial score (nSPS) is 12.7. The van der Waals surface area contributed by atoms with Gasteiger partial charge in [-0.3, -0.25) is 0 Å². The monoisotopic (exact) mass is 222 g/mol. The van der Waals surface area contributed by atoms with Crippen molar-refractivity contribution in [3.63, 3.8) is 0 Å². The Kier molecular flexibility index (Phi) is 2.62. The van der Waals surface area contributed by atoms with E-state index in [4.69, 9.17) is 5.73 Å². The molecule has 1 aromatic carbocycles. The summed E-state index contributed by atoms with van der Waals surface area (Å²) in [4.78, 5) is 14.1. The predicted octanol–water partition coefficient (Wildman–Crippen LogP) is 1.48. The molecule has 84 valence electrons. The molecular formula is C11H11FN2O2. The smallest absolute Gasteiger partial charge is 0.328 e. The van der Waals surface area contributed by atoms with Gasteiger partial charge in [0.2, 0.25) is 0 Å². The quantitative estimate of drug-likeness (QED) is 0.756. The summed E-state index contributed by atoms with van der Waals surface area (Å²) in [5.41, 5.74) is 6.68. The molecule has 3 N–H and O–H groups in total. The fourth-order valence-electron chi connectivity index (χ4n) is 1.56. The molecule has 5 heteroatoms. The molecule has 2 aromatic rings. The summed E-state index contributed by atoms with van der Waals surface area (Å²) in [5.74, 6) is -0.913. The van der Waals surface area contributed by atoms with E-state index in [1.807, 2.05) is 0 Å².